The number of rotatable bonds is 6. The van der Waals surface area contributed by atoms with Gasteiger partial charge in [0.25, 0.3) is 0 Å². The molecule has 2 atom stereocenters. The van der Waals surface area contributed by atoms with Gasteiger partial charge < -0.3 is 9.64 Å². The average molecular weight is 343 g/mol. The number of aromatic nitrogens is 3. The Morgan fingerprint density at radius 2 is 2.20 bits per heavy atom. The van der Waals surface area contributed by atoms with Crippen molar-refractivity contribution < 1.29 is 9.53 Å². The van der Waals surface area contributed by atoms with E-state index in [-0.39, 0.29) is 18.1 Å². The van der Waals surface area contributed by atoms with Crippen LogP contribution in [-0.4, -0.2) is 69.4 Å². The molecule has 1 aliphatic heterocycles. The second-order valence-corrected chi connectivity index (χ2v) is 6.46. The van der Waals surface area contributed by atoms with Gasteiger partial charge in [-0.25, -0.2) is 4.98 Å². The third-order valence-corrected chi connectivity index (χ3v) is 4.57. The Labute approximate surface area is 148 Å². The van der Waals surface area contributed by atoms with Crippen molar-refractivity contribution in [1.82, 2.24) is 24.6 Å². The summed E-state index contributed by atoms with van der Waals surface area (Å²) in [6, 6.07) is 9.88. The molecule has 7 nitrogen and oxygen atoms in total. The largest absolute Gasteiger partial charge is 0.374 e. The summed E-state index contributed by atoms with van der Waals surface area (Å²) in [5.41, 5.74) is 1.14. The van der Waals surface area contributed by atoms with Crippen LogP contribution in [-0.2, 0) is 22.6 Å². The molecule has 2 heterocycles. The van der Waals surface area contributed by atoms with E-state index < -0.39 is 0 Å². The number of amides is 1. The van der Waals surface area contributed by atoms with Crippen molar-refractivity contribution in [2.45, 2.75) is 32.2 Å². The van der Waals surface area contributed by atoms with Crippen molar-refractivity contribution in [2.75, 3.05) is 26.7 Å². The molecule has 1 aromatic carbocycles. The van der Waals surface area contributed by atoms with Crippen LogP contribution >= 0.6 is 0 Å². The monoisotopic (exact) mass is 343 g/mol. The van der Waals surface area contributed by atoms with Crippen LogP contribution in [0.1, 0.15) is 12.5 Å². The highest BCUT2D eigenvalue weighted by molar-refractivity contribution is 5.81. The number of benzene rings is 1. The standard InChI is InChI=1S/C18H25N5O2/c1-15(18(24)21(2)10-16-6-4-3-5-7-16)22-8-9-25-17(11-22)12-23-14-19-13-20-23/h3-7,13-15,17H,8-12H2,1-2H3. The van der Waals surface area contributed by atoms with Gasteiger partial charge in [0, 0.05) is 26.7 Å². The maximum atomic E-state index is 12.8. The van der Waals surface area contributed by atoms with E-state index in [0.717, 1.165) is 12.1 Å². The number of likely N-dealkylation sites (N-methyl/N-ethyl adjacent to an activating group) is 1. The van der Waals surface area contributed by atoms with Crippen molar-refractivity contribution in [3.8, 4) is 0 Å². The second kappa shape index (κ2) is 8.22. The van der Waals surface area contributed by atoms with Gasteiger partial charge in [0.05, 0.1) is 25.3 Å². The van der Waals surface area contributed by atoms with Gasteiger partial charge in [-0.1, -0.05) is 30.3 Å². The predicted octanol–water partition coefficient (Wildman–Crippen LogP) is 1.03. The Morgan fingerprint density at radius 1 is 1.40 bits per heavy atom. The predicted molar refractivity (Wildman–Crippen MR) is 93.7 cm³/mol. The summed E-state index contributed by atoms with van der Waals surface area (Å²) in [4.78, 5) is 20.7. The Balaban J connectivity index is 1.55. The van der Waals surface area contributed by atoms with Gasteiger partial charge >= 0.3 is 0 Å². The molecular weight excluding hydrogens is 318 g/mol. The molecule has 1 saturated heterocycles. The van der Waals surface area contributed by atoms with Crippen LogP contribution in [0, 0.1) is 0 Å². The molecule has 0 aliphatic carbocycles. The van der Waals surface area contributed by atoms with E-state index >= 15 is 0 Å². The van der Waals surface area contributed by atoms with Gasteiger partial charge in [-0.15, -0.1) is 0 Å². The normalized spacial score (nSPS) is 19.5. The lowest BCUT2D eigenvalue weighted by molar-refractivity contribution is -0.139. The SMILES string of the molecule is CC(C(=O)N(C)Cc1ccccc1)N1CCOC(Cn2cncn2)C1. The third-order valence-electron chi connectivity index (χ3n) is 4.57. The van der Waals surface area contributed by atoms with Gasteiger partial charge in [0.15, 0.2) is 0 Å². The van der Waals surface area contributed by atoms with E-state index in [1.54, 1.807) is 15.9 Å². The van der Waals surface area contributed by atoms with Crippen molar-refractivity contribution in [3.63, 3.8) is 0 Å². The van der Waals surface area contributed by atoms with Gasteiger partial charge in [-0.05, 0) is 12.5 Å². The first-order valence-electron chi connectivity index (χ1n) is 8.60. The number of carbonyl (C=O) groups is 1. The van der Waals surface area contributed by atoms with E-state index in [0.29, 0.717) is 26.2 Å². The molecule has 0 spiro atoms. The van der Waals surface area contributed by atoms with Crippen molar-refractivity contribution in [2.24, 2.45) is 0 Å². The minimum atomic E-state index is -0.171. The molecular formula is C18H25N5O2. The highest BCUT2D eigenvalue weighted by atomic mass is 16.5. The van der Waals surface area contributed by atoms with Crippen LogP contribution in [0.3, 0.4) is 0 Å². The average Bonchev–Trinajstić information content (AvgIpc) is 3.14. The maximum Gasteiger partial charge on any atom is 0.239 e. The van der Waals surface area contributed by atoms with Crippen LogP contribution in [0.2, 0.25) is 0 Å². The lowest BCUT2D eigenvalue weighted by Gasteiger charge is -2.37. The summed E-state index contributed by atoms with van der Waals surface area (Å²) < 4.78 is 7.58. The fourth-order valence-electron chi connectivity index (χ4n) is 3.15. The molecule has 0 N–H and O–H groups in total. The molecule has 0 radical (unpaired) electrons. The molecule has 1 aliphatic rings. The number of nitrogens with zero attached hydrogens (tertiary/aromatic N) is 5. The smallest absolute Gasteiger partial charge is 0.239 e. The summed E-state index contributed by atoms with van der Waals surface area (Å²) in [5, 5.41) is 4.12. The van der Waals surface area contributed by atoms with Gasteiger partial charge in [-0.2, -0.15) is 5.10 Å². The van der Waals surface area contributed by atoms with Crippen molar-refractivity contribution >= 4 is 5.91 Å². The highest BCUT2D eigenvalue weighted by Gasteiger charge is 2.29. The van der Waals surface area contributed by atoms with Crippen molar-refractivity contribution in [3.05, 3.63) is 48.5 Å². The van der Waals surface area contributed by atoms with E-state index in [2.05, 4.69) is 15.0 Å². The zero-order valence-electron chi connectivity index (χ0n) is 14.8. The van der Waals surface area contributed by atoms with Crippen LogP contribution in [0.5, 0.6) is 0 Å². The molecule has 2 unspecified atom stereocenters. The summed E-state index contributed by atoms with van der Waals surface area (Å²) in [6.45, 7) is 5.35. The van der Waals surface area contributed by atoms with E-state index in [9.17, 15) is 4.79 Å². The molecule has 0 bridgehead atoms. The quantitative estimate of drug-likeness (QED) is 0.784. The fraction of sp³-hybridized carbons (Fsp3) is 0.500. The minimum Gasteiger partial charge on any atom is -0.374 e. The summed E-state index contributed by atoms with van der Waals surface area (Å²) in [6.07, 6.45) is 3.22. The molecule has 1 amide bonds. The molecule has 7 heteroatoms. The lowest BCUT2D eigenvalue weighted by atomic mass is 10.1. The molecule has 2 aromatic rings. The molecule has 3 rings (SSSR count). The summed E-state index contributed by atoms with van der Waals surface area (Å²) >= 11 is 0. The zero-order chi connectivity index (χ0) is 17.6. The molecule has 1 aromatic heterocycles. The second-order valence-electron chi connectivity index (χ2n) is 6.46. The number of hydrogen-bond acceptors (Lipinski definition) is 5. The lowest BCUT2D eigenvalue weighted by Crippen LogP contribution is -2.53. The number of morpholine rings is 1. The van der Waals surface area contributed by atoms with Crippen LogP contribution < -0.4 is 0 Å². The first-order valence-corrected chi connectivity index (χ1v) is 8.60. The number of hydrogen-bond donors (Lipinski definition) is 0. The zero-order valence-corrected chi connectivity index (χ0v) is 14.8. The first kappa shape index (κ1) is 17.6. The minimum absolute atomic E-state index is 0.0186. The van der Waals surface area contributed by atoms with Crippen molar-refractivity contribution in [1.29, 1.82) is 0 Å². The highest BCUT2D eigenvalue weighted by Crippen LogP contribution is 2.13. The third kappa shape index (κ3) is 4.64. The number of ether oxygens (including phenoxy) is 1. The summed E-state index contributed by atoms with van der Waals surface area (Å²) in [5.74, 6) is 0.130. The van der Waals surface area contributed by atoms with E-state index in [4.69, 9.17) is 4.74 Å². The molecule has 1 fully saturated rings. The van der Waals surface area contributed by atoms with Crippen LogP contribution in [0.25, 0.3) is 0 Å². The first-order chi connectivity index (χ1) is 12.1. The van der Waals surface area contributed by atoms with Crippen LogP contribution in [0.4, 0.5) is 0 Å². The van der Waals surface area contributed by atoms with Gasteiger partial charge in [0.2, 0.25) is 5.91 Å². The van der Waals surface area contributed by atoms with Gasteiger partial charge in [0.1, 0.15) is 12.7 Å². The topological polar surface area (TPSA) is 63.5 Å². The Hall–Kier alpha value is -2.25. The fourth-order valence-corrected chi connectivity index (χ4v) is 3.15. The van der Waals surface area contributed by atoms with E-state index in [1.807, 2.05) is 44.3 Å². The molecule has 25 heavy (non-hydrogen) atoms. The van der Waals surface area contributed by atoms with Crippen LogP contribution in [0.15, 0.2) is 43.0 Å². The summed E-state index contributed by atoms with van der Waals surface area (Å²) in [7, 11) is 1.86. The Kier molecular flexibility index (Phi) is 5.78. The molecule has 134 valence electrons. The Morgan fingerprint density at radius 3 is 2.92 bits per heavy atom. The molecule has 0 saturated carbocycles. The Bertz CT molecular complexity index is 661. The maximum absolute atomic E-state index is 12.8. The van der Waals surface area contributed by atoms with E-state index in [1.165, 1.54) is 6.33 Å². The van der Waals surface area contributed by atoms with Gasteiger partial charge in [-0.3, -0.25) is 14.4 Å². The number of carbonyl (C=O) groups excluding carboxylic acids is 1.